The molecule has 0 bridgehead atoms. The van der Waals surface area contributed by atoms with Gasteiger partial charge in [0.05, 0.1) is 23.9 Å². The van der Waals surface area contributed by atoms with Crippen molar-refractivity contribution in [1.82, 2.24) is 0 Å². The first kappa shape index (κ1) is 22.1. The first-order valence-electron chi connectivity index (χ1n) is 8.78. The van der Waals surface area contributed by atoms with E-state index in [2.05, 4.69) is 15.2 Å². The quantitative estimate of drug-likeness (QED) is 0.290. The third-order valence-corrected chi connectivity index (χ3v) is 5.73. The van der Waals surface area contributed by atoms with Crippen molar-refractivity contribution in [2.45, 2.75) is 4.90 Å². The maximum absolute atomic E-state index is 12.9. The van der Waals surface area contributed by atoms with Crippen LogP contribution in [0, 0.1) is 10.1 Å². The number of anilines is 2. The number of nitrogens with zero attached hydrogens (tertiary/aromatic N) is 2. The highest BCUT2D eigenvalue weighted by molar-refractivity contribution is 7.92. The van der Waals surface area contributed by atoms with Gasteiger partial charge in [-0.25, -0.2) is 8.42 Å². The minimum atomic E-state index is -4.17. The molecule has 2 N–H and O–H groups in total. The number of rotatable bonds is 8. The first-order valence-corrected chi connectivity index (χ1v) is 10.6. The lowest BCUT2D eigenvalue weighted by Crippen LogP contribution is -2.15. The number of halogens is 1. The van der Waals surface area contributed by atoms with Gasteiger partial charge in [0.2, 0.25) is 0 Å². The maximum Gasteiger partial charge on any atom is 0.270 e. The van der Waals surface area contributed by atoms with E-state index in [-0.39, 0.29) is 22.0 Å². The van der Waals surface area contributed by atoms with E-state index in [4.69, 9.17) is 16.3 Å². The van der Waals surface area contributed by atoms with Crippen molar-refractivity contribution >= 4 is 44.9 Å². The smallest absolute Gasteiger partial charge is 0.270 e. The molecule has 0 unspecified atom stereocenters. The van der Waals surface area contributed by atoms with Gasteiger partial charge in [-0.05, 0) is 48.0 Å². The summed E-state index contributed by atoms with van der Waals surface area (Å²) >= 11 is 5.82. The van der Waals surface area contributed by atoms with Crippen molar-refractivity contribution in [3.05, 3.63) is 87.4 Å². The third kappa shape index (κ3) is 5.71. The lowest BCUT2D eigenvalue weighted by atomic mass is 10.2. The molecule has 0 atom stereocenters. The fraction of sp³-hybridized carbons (Fsp3) is 0.0500. The van der Waals surface area contributed by atoms with Gasteiger partial charge in [-0.2, -0.15) is 5.10 Å². The highest BCUT2D eigenvalue weighted by atomic mass is 35.5. The zero-order valence-corrected chi connectivity index (χ0v) is 17.7. The van der Waals surface area contributed by atoms with Crippen molar-refractivity contribution in [3.63, 3.8) is 0 Å². The molecule has 0 spiro atoms. The second kappa shape index (κ2) is 9.45. The monoisotopic (exact) mass is 460 g/mol. The molecular weight excluding hydrogens is 444 g/mol. The van der Waals surface area contributed by atoms with E-state index in [1.165, 1.54) is 49.7 Å². The molecule has 0 aromatic heterocycles. The number of hydrazone groups is 1. The van der Waals surface area contributed by atoms with Gasteiger partial charge in [0.1, 0.15) is 10.6 Å². The minimum absolute atomic E-state index is 0.0613. The number of hydrogen-bond acceptors (Lipinski definition) is 7. The predicted molar refractivity (Wildman–Crippen MR) is 120 cm³/mol. The second-order valence-electron chi connectivity index (χ2n) is 6.20. The molecule has 3 aromatic rings. The molecule has 0 fully saturated rings. The molecule has 11 heteroatoms. The highest BCUT2D eigenvalue weighted by Gasteiger charge is 2.22. The summed E-state index contributed by atoms with van der Waals surface area (Å²) in [4.78, 5) is 10.2. The Kier molecular flexibility index (Phi) is 6.73. The Balaban J connectivity index is 1.92. The van der Waals surface area contributed by atoms with Crippen LogP contribution in [0.1, 0.15) is 5.56 Å². The van der Waals surface area contributed by atoms with Crippen LogP contribution in [-0.2, 0) is 10.0 Å². The number of non-ortho nitro benzene ring substituents is 1. The Labute approximate surface area is 183 Å². The van der Waals surface area contributed by atoms with Crippen LogP contribution in [0.5, 0.6) is 5.75 Å². The summed E-state index contributed by atoms with van der Waals surface area (Å²) in [7, 11) is -2.63. The number of ether oxygens (including phenoxy) is 1. The van der Waals surface area contributed by atoms with Crippen molar-refractivity contribution in [2.75, 3.05) is 17.3 Å². The van der Waals surface area contributed by atoms with Gasteiger partial charge in [-0.3, -0.25) is 20.3 Å². The highest BCUT2D eigenvalue weighted by Crippen LogP contribution is 2.28. The molecule has 31 heavy (non-hydrogen) atoms. The summed E-state index contributed by atoms with van der Waals surface area (Å²) < 4.78 is 33.4. The number of nitro groups is 1. The molecular formula is C20H17ClN4O5S. The summed E-state index contributed by atoms with van der Waals surface area (Å²) in [5.41, 5.74) is 3.27. The van der Waals surface area contributed by atoms with Crippen molar-refractivity contribution in [2.24, 2.45) is 5.10 Å². The summed E-state index contributed by atoms with van der Waals surface area (Å²) in [5.74, 6) is 0.634. The van der Waals surface area contributed by atoms with Crippen LogP contribution >= 0.6 is 11.6 Å². The summed E-state index contributed by atoms with van der Waals surface area (Å²) in [6.45, 7) is 0. The van der Waals surface area contributed by atoms with Crippen LogP contribution in [-0.4, -0.2) is 26.7 Å². The summed E-state index contributed by atoms with van der Waals surface area (Å²) in [6.07, 6.45) is 1.47. The lowest BCUT2D eigenvalue weighted by Gasteiger charge is -2.12. The molecule has 0 aliphatic carbocycles. The first-order chi connectivity index (χ1) is 14.8. The van der Waals surface area contributed by atoms with Crippen molar-refractivity contribution in [3.8, 4) is 5.75 Å². The number of benzene rings is 3. The van der Waals surface area contributed by atoms with Gasteiger partial charge in [-0.1, -0.05) is 23.7 Å². The Bertz CT molecular complexity index is 1230. The van der Waals surface area contributed by atoms with Crippen LogP contribution in [0.4, 0.5) is 17.1 Å². The van der Waals surface area contributed by atoms with Crippen LogP contribution in [0.25, 0.3) is 0 Å². The largest absolute Gasteiger partial charge is 0.497 e. The fourth-order valence-electron chi connectivity index (χ4n) is 2.57. The van der Waals surface area contributed by atoms with Gasteiger partial charge in [-0.15, -0.1) is 0 Å². The van der Waals surface area contributed by atoms with Crippen LogP contribution in [0.2, 0.25) is 5.02 Å². The number of nitrogens with one attached hydrogen (secondary N) is 2. The van der Waals surface area contributed by atoms with Crippen LogP contribution < -0.4 is 14.9 Å². The average Bonchev–Trinajstić information content (AvgIpc) is 2.75. The molecule has 0 saturated heterocycles. The fourth-order valence-corrected chi connectivity index (χ4v) is 3.93. The summed E-state index contributed by atoms with van der Waals surface area (Å²) in [5, 5.41) is 15.6. The van der Waals surface area contributed by atoms with Crippen LogP contribution in [0.3, 0.4) is 0 Å². The Hall–Kier alpha value is -3.63. The molecule has 0 saturated carbocycles. The average molecular weight is 461 g/mol. The number of nitro benzene ring substituents is 1. The van der Waals surface area contributed by atoms with E-state index in [1.807, 2.05) is 0 Å². The minimum Gasteiger partial charge on any atom is -0.497 e. The maximum atomic E-state index is 12.9. The van der Waals surface area contributed by atoms with E-state index in [0.717, 1.165) is 6.07 Å². The Morgan fingerprint density at radius 2 is 1.84 bits per heavy atom. The molecule has 160 valence electrons. The van der Waals surface area contributed by atoms with Crippen LogP contribution in [0.15, 0.2) is 76.7 Å². The van der Waals surface area contributed by atoms with Crippen molar-refractivity contribution < 1.29 is 18.1 Å². The number of sulfonamides is 1. The second-order valence-corrected chi connectivity index (χ2v) is 8.28. The lowest BCUT2D eigenvalue weighted by molar-refractivity contribution is -0.385. The molecule has 9 nitrogen and oxygen atoms in total. The van der Waals surface area contributed by atoms with E-state index < -0.39 is 14.9 Å². The molecule has 0 aliphatic rings. The number of hydrogen-bond donors (Lipinski definition) is 2. The summed E-state index contributed by atoms with van der Waals surface area (Å²) in [6, 6.07) is 16.5. The third-order valence-electron chi connectivity index (χ3n) is 4.05. The zero-order chi connectivity index (χ0) is 22.4. The SMILES string of the molecule is COc1cccc(C=NNc2ccc([N+](=O)[O-])cc2S(=O)(=O)Nc2ccc(Cl)cc2)c1. The van der Waals surface area contributed by atoms with Gasteiger partial charge in [0.25, 0.3) is 15.7 Å². The van der Waals surface area contributed by atoms with Gasteiger partial charge in [0.15, 0.2) is 0 Å². The van der Waals surface area contributed by atoms with Gasteiger partial charge >= 0.3 is 0 Å². The number of methoxy groups -OCH3 is 1. The Morgan fingerprint density at radius 3 is 2.52 bits per heavy atom. The predicted octanol–water partition coefficient (Wildman–Crippen LogP) is 4.50. The van der Waals surface area contributed by atoms with E-state index >= 15 is 0 Å². The van der Waals surface area contributed by atoms with E-state index in [1.54, 1.807) is 24.3 Å². The van der Waals surface area contributed by atoms with Gasteiger partial charge < -0.3 is 4.74 Å². The molecule has 0 radical (unpaired) electrons. The van der Waals surface area contributed by atoms with E-state index in [0.29, 0.717) is 16.3 Å². The normalized spacial score (nSPS) is 11.3. The molecule has 0 aliphatic heterocycles. The molecule has 0 heterocycles. The van der Waals surface area contributed by atoms with E-state index in [9.17, 15) is 18.5 Å². The Morgan fingerprint density at radius 1 is 1.10 bits per heavy atom. The van der Waals surface area contributed by atoms with Crippen molar-refractivity contribution in [1.29, 1.82) is 0 Å². The van der Waals surface area contributed by atoms with Gasteiger partial charge in [0, 0.05) is 22.8 Å². The standard InChI is InChI=1S/C20H17ClN4O5S/c1-30-18-4-2-3-14(11-18)13-22-23-19-10-9-17(25(26)27)12-20(19)31(28,29)24-16-7-5-15(21)6-8-16/h2-13,23-24H,1H3. The zero-order valence-electron chi connectivity index (χ0n) is 16.2. The topological polar surface area (TPSA) is 123 Å². The molecule has 3 aromatic carbocycles. The molecule has 0 amide bonds. The molecule has 3 rings (SSSR count).